The Bertz CT molecular complexity index is 1660. The number of ketones is 2. The molecule has 42 heavy (non-hydrogen) atoms. The van der Waals surface area contributed by atoms with E-state index in [1.54, 1.807) is 25.1 Å². The largest absolute Gasteiger partial charge is 0.495 e. The number of nitriles is 1. The van der Waals surface area contributed by atoms with E-state index in [1.807, 2.05) is 45.0 Å². The monoisotopic (exact) mass is 586 g/mol. The fraction of sp³-hybridized carbons (Fsp3) is 0.353. The molecule has 3 aromatic rings. The van der Waals surface area contributed by atoms with Crippen molar-refractivity contribution < 1.29 is 19.1 Å². The van der Waals surface area contributed by atoms with Crippen molar-refractivity contribution in [2.24, 2.45) is 0 Å². The number of carbonyl (C=O) groups excluding carboxylic acids is 2. The lowest BCUT2D eigenvalue weighted by atomic mass is 9.95. The molecule has 1 aliphatic rings. The average molecular weight is 587 g/mol. The highest BCUT2D eigenvalue weighted by atomic mass is 35.5. The lowest BCUT2D eigenvalue weighted by Gasteiger charge is -2.24. The van der Waals surface area contributed by atoms with Gasteiger partial charge in [0.05, 0.1) is 31.0 Å². The van der Waals surface area contributed by atoms with Crippen LogP contribution < -0.4 is 10.3 Å². The van der Waals surface area contributed by atoms with Crippen LogP contribution in [0.25, 0.3) is 17.2 Å². The van der Waals surface area contributed by atoms with Gasteiger partial charge in [-0.2, -0.15) is 5.26 Å². The molecule has 8 heteroatoms. The number of pyridine rings is 1. The molecule has 1 aliphatic carbocycles. The third kappa shape index (κ3) is 7.07. The Morgan fingerprint density at radius 3 is 2.55 bits per heavy atom. The van der Waals surface area contributed by atoms with Gasteiger partial charge in [0.25, 0.3) is 5.56 Å². The second-order valence-electron chi connectivity index (χ2n) is 11.4. The van der Waals surface area contributed by atoms with Gasteiger partial charge in [-0.15, -0.1) is 0 Å². The van der Waals surface area contributed by atoms with Crippen LogP contribution in [0.4, 0.5) is 0 Å². The number of aromatic nitrogens is 1. The van der Waals surface area contributed by atoms with Crippen LogP contribution in [0.5, 0.6) is 5.75 Å². The van der Waals surface area contributed by atoms with Crippen molar-refractivity contribution in [3.63, 3.8) is 0 Å². The zero-order valence-corrected chi connectivity index (χ0v) is 25.4. The Morgan fingerprint density at radius 2 is 1.88 bits per heavy atom. The first-order chi connectivity index (χ1) is 19.9. The summed E-state index contributed by atoms with van der Waals surface area (Å²) >= 11 is 6.28. The number of methoxy groups -OCH3 is 1. The summed E-state index contributed by atoms with van der Waals surface area (Å²) in [4.78, 5) is 40.2. The molecule has 1 atom stereocenters. The van der Waals surface area contributed by atoms with Gasteiger partial charge in [-0.3, -0.25) is 14.4 Å². The van der Waals surface area contributed by atoms with Gasteiger partial charge in [0, 0.05) is 53.7 Å². The SMILES string of the molecule is CCC(=O)c1ccc(Cl)cc1-c1cc(=O)n(C(CCOC(C)(C)C)C(=O)Cc2ccc3c(c2)CC(C#N)=C3)cc1OC. The fourth-order valence-corrected chi connectivity index (χ4v) is 5.32. The summed E-state index contributed by atoms with van der Waals surface area (Å²) in [5, 5.41) is 9.69. The first kappa shape index (κ1) is 31.0. The van der Waals surface area contributed by atoms with E-state index in [-0.39, 0.29) is 37.4 Å². The predicted molar refractivity (Wildman–Crippen MR) is 164 cm³/mol. The van der Waals surface area contributed by atoms with Gasteiger partial charge in [-0.25, -0.2) is 0 Å². The molecule has 0 bridgehead atoms. The summed E-state index contributed by atoms with van der Waals surface area (Å²) < 4.78 is 13.0. The van der Waals surface area contributed by atoms with Gasteiger partial charge in [0.1, 0.15) is 5.75 Å². The van der Waals surface area contributed by atoms with E-state index >= 15 is 0 Å². The molecule has 0 N–H and O–H groups in total. The van der Waals surface area contributed by atoms with E-state index in [4.69, 9.17) is 21.1 Å². The minimum absolute atomic E-state index is 0.0910. The zero-order chi connectivity index (χ0) is 30.6. The van der Waals surface area contributed by atoms with Crippen LogP contribution in [0, 0.1) is 11.3 Å². The maximum absolute atomic E-state index is 13.8. The summed E-state index contributed by atoms with van der Waals surface area (Å²) in [5.74, 6) is 0.0938. The van der Waals surface area contributed by atoms with Crippen molar-refractivity contribution in [2.75, 3.05) is 13.7 Å². The number of benzene rings is 2. The van der Waals surface area contributed by atoms with E-state index in [2.05, 4.69) is 6.07 Å². The van der Waals surface area contributed by atoms with Crippen LogP contribution in [0.2, 0.25) is 5.02 Å². The molecule has 0 fully saturated rings. The number of nitrogens with zero attached hydrogens (tertiary/aromatic N) is 2. The van der Waals surface area contributed by atoms with Gasteiger partial charge in [0.2, 0.25) is 0 Å². The van der Waals surface area contributed by atoms with E-state index in [0.29, 0.717) is 39.5 Å². The molecule has 0 saturated heterocycles. The first-order valence-electron chi connectivity index (χ1n) is 14.0. The second kappa shape index (κ2) is 12.9. The molecular weight excluding hydrogens is 552 g/mol. The Kier molecular flexibility index (Phi) is 9.50. The van der Waals surface area contributed by atoms with Crippen LogP contribution in [0.15, 0.2) is 59.0 Å². The van der Waals surface area contributed by atoms with Crippen molar-refractivity contribution in [3.8, 4) is 22.9 Å². The smallest absolute Gasteiger partial charge is 0.252 e. The van der Waals surface area contributed by atoms with Crippen molar-refractivity contribution >= 4 is 29.2 Å². The highest BCUT2D eigenvalue weighted by Crippen LogP contribution is 2.35. The lowest BCUT2D eigenvalue weighted by Crippen LogP contribution is -2.32. The minimum Gasteiger partial charge on any atom is -0.495 e. The topological polar surface area (TPSA) is 98.4 Å². The molecular formula is C34H35ClN2O5. The summed E-state index contributed by atoms with van der Waals surface area (Å²) in [6.07, 6.45) is 4.61. The predicted octanol–water partition coefficient (Wildman–Crippen LogP) is 6.79. The molecule has 0 saturated carbocycles. The van der Waals surface area contributed by atoms with Gasteiger partial charge in [-0.1, -0.05) is 36.7 Å². The molecule has 1 heterocycles. The maximum Gasteiger partial charge on any atom is 0.252 e. The Labute approximate surface area is 251 Å². The van der Waals surface area contributed by atoms with E-state index in [0.717, 1.165) is 16.7 Å². The number of ether oxygens (including phenoxy) is 2. The molecule has 0 radical (unpaired) electrons. The zero-order valence-electron chi connectivity index (χ0n) is 24.6. The molecule has 7 nitrogen and oxygen atoms in total. The summed E-state index contributed by atoms with van der Waals surface area (Å²) in [5.41, 5.74) is 4.02. The Balaban J connectivity index is 1.72. The molecule has 1 unspecified atom stereocenters. The number of hydrogen-bond donors (Lipinski definition) is 0. The number of carbonyl (C=O) groups is 2. The molecule has 0 spiro atoms. The number of hydrogen-bond acceptors (Lipinski definition) is 6. The number of rotatable bonds is 11. The minimum atomic E-state index is -0.819. The summed E-state index contributed by atoms with van der Waals surface area (Å²) in [6, 6.07) is 13.5. The molecule has 0 aliphatic heterocycles. The van der Waals surface area contributed by atoms with E-state index < -0.39 is 17.2 Å². The van der Waals surface area contributed by atoms with Crippen LogP contribution in [-0.2, 0) is 22.4 Å². The number of halogens is 1. The summed E-state index contributed by atoms with van der Waals surface area (Å²) in [6.45, 7) is 7.83. The van der Waals surface area contributed by atoms with Crippen molar-refractivity contribution in [3.05, 3.63) is 91.9 Å². The van der Waals surface area contributed by atoms with E-state index in [1.165, 1.54) is 23.9 Å². The third-order valence-electron chi connectivity index (χ3n) is 7.23. The van der Waals surface area contributed by atoms with Gasteiger partial charge in [0.15, 0.2) is 11.6 Å². The highest BCUT2D eigenvalue weighted by molar-refractivity contribution is 6.31. The molecule has 218 valence electrons. The van der Waals surface area contributed by atoms with Crippen molar-refractivity contribution in [1.82, 2.24) is 4.57 Å². The van der Waals surface area contributed by atoms with Gasteiger partial charge < -0.3 is 14.0 Å². The number of allylic oxidation sites excluding steroid dienone is 1. The first-order valence-corrected chi connectivity index (χ1v) is 14.3. The van der Waals surface area contributed by atoms with Crippen molar-refractivity contribution in [2.45, 2.75) is 65.0 Å². The second-order valence-corrected chi connectivity index (χ2v) is 11.8. The third-order valence-corrected chi connectivity index (χ3v) is 7.47. The average Bonchev–Trinajstić information content (AvgIpc) is 3.37. The molecule has 2 aromatic carbocycles. The summed E-state index contributed by atoms with van der Waals surface area (Å²) in [7, 11) is 1.48. The van der Waals surface area contributed by atoms with Crippen LogP contribution in [0.1, 0.15) is 73.6 Å². The Morgan fingerprint density at radius 1 is 1.12 bits per heavy atom. The molecule has 0 amide bonds. The standard InChI is InChI=1S/C34H35ClN2O5/c1-6-30(38)26-10-9-25(35)17-27(26)28-18-33(40)37(20-32(28)41-5)29(11-12-42-34(2,3)4)31(39)16-21-7-8-23-14-22(19-36)15-24(23)13-21/h7-10,13-14,17-18,20,29H,6,11-12,15-16H2,1-5H3. The normalized spacial score (nSPS) is 13.2. The quantitative estimate of drug-likeness (QED) is 0.229. The highest BCUT2D eigenvalue weighted by Gasteiger charge is 2.26. The maximum atomic E-state index is 13.8. The van der Waals surface area contributed by atoms with Gasteiger partial charge in [-0.05, 0) is 73.7 Å². The fourth-order valence-electron chi connectivity index (χ4n) is 5.15. The number of fused-ring (bicyclic) bond motifs is 1. The van der Waals surface area contributed by atoms with Crippen LogP contribution in [0.3, 0.4) is 0 Å². The molecule has 4 rings (SSSR count). The van der Waals surface area contributed by atoms with Crippen molar-refractivity contribution in [1.29, 1.82) is 5.26 Å². The molecule has 1 aromatic heterocycles. The Hall–Kier alpha value is -3.99. The lowest BCUT2D eigenvalue weighted by molar-refractivity contribution is -0.122. The van der Waals surface area contributed by atoms with Crippen LogP contribution >= 0.6 is 11.6 Å². The van der Waals surface area contributed by atoms with E-state index in [9.17, 15) is 19.6 Å². The number of Topliss-reactive ketones (excluding diaryl/α,β-unsaturated/α-hetero) is 2. The van der Waals surface area contributed by atoms with Crippen LogP contribution in [-0.4, -0.2) is 35.5 Å². The van der Waals surface area contributed by atoms with Gasteiger partial charge >= 0.3 is 0 Å².